The molecular formula is C9H17O. The molecule has 1 atom stereocenters. The third kappa shape index (κ3) is 3.21. The molecule has 59 valence electrons. The van der Waals surface area contributed by atoms with Gasteiger partial charge < -0.3 is 5.11 Å². The molecule has 1 rings (SSSR count). The molecule has 1 radical (unpaired) electrons. The van der Waals surface area contributed by atoms with Gasteiger partial charge in [0.05, 0.1) is 6.10 Å². The molecule has 0 aliphatic heterocycles. The van der Waals surface area contributed by atoms with Crippen LogP contribution in [0, 0.1) is 6.42 Å². The molecule has 0 aromatic rings. The van der Waals surface area contributed by atoms with Gasteiger partial charge in [-0.15, -0.1) is 0 Å². The van der Waals surface area contributed by atoms with Crippen LogP contribution in [0.15, 0.2) is 0 Å². The van der Waals surface area contributed by atoms with E-state index in [1.54, 1.807) is 0 Å². The zero-order chi connectivity index (χ0) is 7.23. The van der Waals surface area contributed by atoms with E-state index in [4.69, 9.17) is 0 Å². The summed E-state index contributed by atoms with van der Waals surface area (Å²) in [5.41, 5.74) is 0. The summed E-state index contributed by atoms with van der Waals surface area (Å²) in [6.07, 6.45) is 10.5. The van der Waals surface area contributed by atoms with Gasteiger partial charge in [0.1, 0.15) is 0 Å². The van der Waals surface area contributed by atoms with Gasteiger partial charge in [0, 0.05) is 0 Å². The molecule has 0 aromatic carbocycles. The van der Waals surface area contributed by atoms with Crippen molar-refractivity contribution in [1.29, 1.82) is 0 Å². The summed E-state index contributed by atoms with van der Waals surface area (Å²) in [7, 11) is 0. The summed E-state index contributed by atoms with van der Waals surface area (Å²) in [6, 6.07) is 0. The highest BCUT2D eigenvalue weighted by atomic mass is 16.3. The highest BCUT2D eigenvalue weighted by Crippen LogP contribution is 2.15. The van der Waals surface area contributed by atoms with Gasteiger partial charge in [0.2, 0.25) is 0 Å². The van der Waals surface area contributed by atoms with Crippen LogP contribution in [-0.4, -0.2) is 11.2 Å². The molecular weight excluding hydrogens is 124 g/mol. The van der Waals surface area contributed by atoms with E-state index in [1.807, 2.05) is 0 Å². The van der Waals surface area contributed by atoms with Crippen molar-refractivity contribution in [3.05, 3.63) is 6.42 Å². The van der Waals surface area contributed by atoms with E-state index >= 15 is 0 Å². The minimum atomic E-state index is -0.0434. The number of aliphatic hydroxyl groups is 1. The van der Waals surface area contributed by atoms with Crippen molar-refractivity contribution < 1.29 is 5.11 Å². The maximum atomic E-state index is 9.31. The quantitative estimate of drug-likeness (QED) is 0.548. The van der Waals surface area contributed by atoms with E-state index in [0.717, 1.165) is 12.8 Å². The van der Waals surface area contributed by atoms with Crippen LogP contribution in [0.2, 0.25) is 0 Å². The van der Waals surface area contributed by atoms with Crippen LogP contribution in [0.5, 0.6) is 0 Å². The van der Waals surface area contributed by atoms with E-state index in [-0.39, 0.29) is 6.10 Å². The number of aliphatic hydroxyl groups excluding tert-OH is 1. The molecule has 1 saturated carbocycles. The molecule has 1 heteroatoms. The molecule has 10 heavy (non-hydrogen) atoms. The van der Waals surface area contributed by atoms with E-state index in [0.29, 0.717) is 0 Å². The molecule has 0 spiro atoms. The Morgan fingerprint density at radius 3 is 2.80 bits per heavy atom. The minimum absolute atomic E-state index is 0.0434. The van der Waals surface area contributed by atoms with Gasteiger partial charge in [-0.3, -0.25) is 0 Å². The molecule has 1 fully saturated rings. The standard InChI is InChI=1S/C9H17O/c10-9-7-5-3-1-2-4-6-8-9/h5,9-10H,1-4,6-8H2. The van der Waals surface area contributed by atoms with Gasteiger partial charge in [0.25, 0.3) is 0 Å². The number of hydrogen-bond donors (Lipinski definition) is 1. The molecule has 1 nitrogen and oxygen atoms in total. The minimum Gasteiger partial charge on any atom is -0.393 e. The maximum absolute atomic E-state index is 9.31. The van der Waals surface area contributed by atoms with Gasteiger partial charge in [-0.05, 0) is 19.3 Å². The lowest BCUT2D eigenvalue weighted by Crippen LogP contribution is -2.04. The van der Waals surface area contributed by atoms with Crippen LogP contribution >= 0.6 is 0 Å². The van der Waals surface area contributed by atoms with Gasteiger partial charge in [-0.25, -0.2) is 0 Å². The first-order chi connectivity index (χ1) is 4.89. The van der Waals surface area contributed by atoms with Crippen LogP contribution in [0.4, 0.5) is 0 Å². The molecule has 0 bridgehead atoms. The second-order valence-electron chi connectivity index (χ2n) is 3.17. The van der Waals surface area contributed by atoms with E-state index in [9.17, 15) is 5.11 Å². The molecule has 0 aromatic heterocycles. The van der Waals surface area contributed by atoms with Crippen LogP contribution in [-0.2, 0) is 0 Å². The fourth-order valence-electron chi connectivity index (χ4n) is 1.45. The van der Waals surface area contributed by atoms with E-state index < -0.39 is 0 Å². The van der Waals surface area contributed by atoms with Crippen molar-refractivity contribution in [3.63, 3.8) is 0 Å². The Hall–Kier alpha value is -0.0400. The average molecular weight is 141 g/mol. The zero-order valence-electron chi connectivity index (χ0n) is 6.55. The highest BCUT2D eigenvalue weighted by Gasteiger charge is 2.05. The van der Waals surface area contributed by atoms with Crippen molar-refractivity contribution in [2.75, 3.05) is 0 Å². The summed E-state index contributed by atoms with van der Waals surface area (Å²) >= 11 is 0. The number of rotatable bonds is 0. The smallest absolute Gasteiger partial charge is 0.0543 e. The SMILES string of the molecule is OC1C[CH]CCCCCC1. The first-order valence-electron chi connectivity index (χ1n) is 4.39. The Kier molecular flexibility index (Phi) is 3.81. The van der Waals surface area contributed by atoms with Gasteiger partial charge in [0.15, 0.2) is 0 Å². The molecule has 1 unspecified atom stereocenters. The van der Waals surface area contributed by atoms with E-state index in [2.05, 4.69) is 6.42 Å². The van der Waals surface area contributed by atoms with Crippen molar-refractivity contribution >= 4 is 0 Å². The number of hydrogen-bond acceptors (Lipinski definition) is 1. The summed E-state index contributed by atoms with van der Waals surface area (Å²) in [6.45, 7) is 0. The maximum Gasteiger partial charge on any atom is 0.0543 e. The van der Waals surface area contributed by atoms with Crippen LogP contribution < -0.4 is 0 Å². The topological polar surface area (TPSA) is 20.2 Å². The van der Waals surface area contributed by atoms with Crippen LogP contribution in [0.25, 0.3) is 0 Å². The third-order valence-corrected chi connectivity index (χ3v) is 2.13. The van der Waals surface area contributed by atoms with Crippen LogP contribution in [0.1, 0.15) is 44.9 Å². The molecule has 0 saturated heterocycles. The average Bonchev–Trinajstić information content (AvgIpc) is 2.02. The van der Waals surface area contributed by atoms with Crippen molar-refractivity contribution in [3.8, 4) is 0 Å². The molecule has 0 amide bonds. The summed E-state index contributed by atoms with van der Waals surface area (Å²) in [5, 5.41) is 9.31. The van der Waals surface area contributed by atoms with Gasteiger partial charge in [-0.1, -0.05) is 32.1 Å². The Labute approximate surface area is 63.4 Å². The summed E-state index contributed by atoms with van der Waals surface area (Å²) < 4.78 is 0. The fourth-order valence-corrected chi connectivity index (χ4v) is 1.45. The summed E-state index contributed by atoms with van der Waals surface area (Å²) in [5.74, 6) is 0. The molecule has 0 heterocycles. The first-order valence-corrected chi connectivity index (χ1v) is 4.39. The van der Waals surface area contributed by atoms with E-state index in [1.165, 1.54) is 32.1 Å². The predicted molar refractivity (Wildman–Crippen MR) is 42.6 cm³/mol. The predicted octanol–water partition coefficient (Wildman–Crippen LogP) is 2.30. The lowest BCUT2D eigenvalue weighted by molar-refractivity contribution is 0.160. The largest absolute Gasteiger partial charge is 0.393 e. The second kappa shape index (κ2) is 4.73. The van der Waals surface area contributed by atoms with Gasteiger partial charge in [-0.2, -0.15) is 0 Å². The lowest BCUT2D eigenvalue weighted by atomic mass is 10.1. The fraction of sp³-hybridized carbons (Fsp3) is 0.889. The van der Waals surface area contributed by atoms with Crippen LogP contribution in [0.3, 0.4) is 0 Å². The van der Waals surface area contributed by atoms with Crippen molar-refractivity contribution in [2.45, 2.75) is 51.0 Å². The van der Waals surface area contributed by atoms with Crippen molar-refractivity contribution in [1.82, 2.24) is 0 Å². The molecule has 1 N–H and O–H groups in total. The first kappa shape index (κ1) is 8.06. The Balaban J connectivity index is 2.15. The Morgan fingerprint density at radius 1 is 1.10 bits per heavy atom. The molecule has 1 aliphatic rings. The monoisotopic (exact) mass is 141 g/mol. The Morgan fingerprint density at radius 2 is 1.90 bits per heavy atom. The molecule has 1 aliphatic carbocycles. The normalized spacial score (nSPS) is 24.9. The Bertz CT molecular complexity index is 70.8. The summed E-state index contributed by atoms with van der Waals surface area (Å²) in [4.78, 5) is 0. The van der Waals surface area contributed by atoms with Gasteiger partial charge >= 0.3 is 0 Å². The van der Waals surface area contributed by atoms with Crippen molar-refractivity contribution in [2.24, 2.45) is 0 Å². The highest BCUT2D eigenvalue weighted by molar-refractivity contribution is 4.72. The second-order valence-corrected chi connectivity index (χ2v) is 3.17. The lowest BCUT2D eigenvalue weighted by Gasteiger charge is -2.06. The zero-order valence-corrected chi connectivity index (χ0v) is 6.55. The third-order valence-electron chi connectivity index (χ3n) is 2.13.